The standard InChI is InChI=1S/C50H51NO7/c1-3-28-51-48(52)41-27-17-26-40(29-41)47-43(30-46-57-49(55-34-38-22-13-7-14-23-38)50(58-46)56-35-39-24-15-8-16-25-39)42(4-2)44(53-32-36-18-9-5-10-19-36)31-45(47)54-33-37-20-11-6-12-21-37/h5-27,29,31,46,49-50H,3-4,28,30,32-35H2,1-2H3,(H,51,52)/t49-,50-/m1/s1. The Hall–Kier alpha value is -5.77. The Labute approximate surface area is 341 Å². The summed E-state index contributed by atoms with van der Waals surface area (Å²) in [6.07, 6.45) is -0.515. The molecule has 0 saturated carbocycles. The van der Waals surface area contributed by atoms with Crippen molar-refractivity contribution in [1.29, 1.82) is 0 Å². The highest BCUT2D eigenvalue weighted by Gasteiger charge is 2.39. The molecule has 1 N–H and O–H groups in total. The van der Waals surface area contributed by atoms with Crippen LogP contribution in [0.15, 0.2) is 152 Å². The van der Waals surface area contributed by atoms with Gasteiger partial charge in [-0.15, -0.1) is 0 Å². The second-order valence-corrected chi connectivity index (χ2v) is 14.2. The summed E-state index contributed by atoms with van der Waals surface area (Å²) in [6, 6.07) is 49.8. The van der Waals surface area contributed by atoms with Crippen molar-refractivity contribution in [2.24, 2.45) is 0 Å². The third-order valence-corrected chi connectivity index (χ3v) is 9.93. The molecule has 6 aromatic carbocycles. The van der Waals surface area contributed by atoms with Crippen LogP contribution in [0.1, 0.15) is 64.0 Å². The summed E-state index contributed by atoms with van der Waals surface area (Å²) < 4.78 is 39.3. The fourth-order valence-electron chi connectivity index (χ4n) is 6.99. The van der Waals surface area contributed by atoms with Crippen molar-refractivity contribution in [3.63, 3.8) is 0 Å². The van der Waals surface area contributed by atoms with Crippen LogP contribution in [0.3, 0.4) is 0 Å². The lowest BCUT2D eigenvalue weighted by molar-refractivity contribution is -0.200. The average molecular weight is 778 g/mol. The molecule has 2 atom stereocenters. The predicted octanol–water partition coefficient (Wildman–Crippen LogP) is 10.2. The van der Waals surface area contributed by atoms with Crippen LogP contribution in [0.2, 0.25) is 0 Å². The number of ether oxygens (including phenoxy) is 6. The van der Waals surface area contributed by atoms with E-state index in [1.165, 1.54) is 0 Å². The van der Waals surface area contributed by atoms with E-state index in [9.17, 15) is 4.79 Å². The first-order valence-electron chi connectivity index (χ1n) is 20.1. The highest BCUT2D eigenvalue weighted by molar-refractivity contribution is 5.96. The quantitative estimate of drug-likeness (QED) is 0.0877. The first-order valence-corrected chi connectivity index (χ1v) is 20.1. The van der Waals surface area contributed by atoms with Crippen molar-refractivity contribution in [2.45, 2.75) is 78.4 Å². The van der Waals surface area contributed by atoms with Gasteiger partial charge in [0.25, 0.3) is 5.91 Å². The number of hydrogen-bond donors (Lipinski definition) is 1. The van der Waals surface area contributed by atoms with E-state index in [1.807, 2.05) is 159 Å². The summed E-state index contributed by atoms with van der Waals surface area (Å²) in [6.45, 7) is 6.09. The number of rotatable bonds is 19. The van der Waals surface area contributed by atoms with Gasteiger partial charge in [0.1, 0.15) is 24.7 Å². The number of hydrogen-bond acceptors (Lipinski definition) is 7. The molecule has 1 fully saturated rings. The van der Waals surface area contributed by atoms with Crippen LogP contribution >= 0.6 is 0 Å². The predicted molar refractivity (Wildman–Crippen MR) is 225 cm³/mol. The third-order valence-electron chi connectivity index (χ3n) is 9.93. The molecule has 8 nitrogen and oxygen atoms in total. The zero-order valence-corrected chi connectivity index (χ0v) is 33.2. The Morgan fingerprint density at radius 1 is 0.569 bits per heavy atom. The lowest BCUT2D eigenvalue weighted by Gasteiger charge is -2.24. The normalized spacial score (nSPS) is 15.3. The Bertz CT molecular complexity index is 2130. The van der Waals surface area contributed by atoms with Crippen LogP contribution in [0, 0.1) is 0 Å². The lowest BCUT2D eigenvalue weighted by Crippen LogP contribution is -2.28. The molecule has 1 aliphatic rings. The minimum atomic E-state index is -0.792. The molecule has 7 rings (SSSR count). The summed E-state index contributed by atoms with van der Waals surface area (Å²) in [4.78, 5) is 13.3. The van der Waals surface area contributed by atoms with Gasteiger partial charge < -0.3 is 33.7 Å². The molecule has 6 aromatic rings. The number of carbonyl (C=O) groups excluding carboxylic acids is 1. The van der Waals surface area contributed by atoms with Gasteiger partial charge in [0, 0.05) is 30.2 Å². The molecule has 0 radical (unpaired) electrons. The van der Waals surface area contributed by atoms with Gasteiger partial charge in [0.15, 0.2) is 6.29 Å². The molecule has 0 spiro atoms. The van der Waals surface area contributed by atoms with Crippen LogP contribution in [0.5, 0.6) is 11.5 Å². The number of carbonyl (C=O) groups is 1. The van der Waals surface area contributed by atoms with Crippen molar-refractivity contribution in [1.82, 2.24) is 5.32 Å². The van der Waals surface area contributed by atoms with Gasteiger partial charge in [-0.2, -0.15) is 0 Å². The Kier molecular flexibility index (Phi) is 14.4. The van der Waals surface area contributed by atoms with E-state index in [-0.39, 0.29) is 5.91 Å². The van der Waals surface area contributed by atoms with Gasteiger partial charge in [0.2, 0.25) is 12.6 Å². The topological polar surface area (TPSA) is 84.5 Å². The van der Waals surface area contributed by atoms with E-state index < -0.39 is 18.9 Å². The maximum Gasteiger partial charge on any atom is 0.251 e. The molecular weight excluding hydrogens is 727 g/mol. The molecule has 1 heterocycles. The van der Waals surface area contributed by atoms with Crippen molar-refractivity contribution in [2.75, 3.05) is 6.54 Å². The van der Waals surface area contributed by atoms with Gasteiger partial charge in [0.05, 0.1) is 13.2 Å². The smallest absolute Gasteiger partial charge is 0.251 e. The Morgan fingerprint density at radius 2 is 1.07 bits per heavy atom. The van der Waals surface area contributed by atoms with Crippen LogP contribution in [0.25, 0.3) is 11.1 Å². The van der Waals surface area contributed by atoms with Gasteiger partial charge >= 0.3 is 0 Å². The lowest BCUT2D eigenvalue weighted by atomic mass is 9.89. The zero-order valence-electron chi connectivity index (χ0n) is 33.2. The molecule has 1 amide bonds. The Morgan fingerprint density at radius 3 is 1.57 bits per heavy atom. The van der Waals surface area contributed by atoms with E-state index in [1.54, 1.807) is 0 Å². The van der Waals surface area contributed by atoms with E-state index >= 15 is 0 Å². The van der Waals surface area contributed by atoms with Crippen molar-refractivity contribution in [3.8, 4) is 22.6 Å². The number of benzene rings is 6. The number of amides is 1. The fourth-order valence-corrected chi connectivity index (χ4v) is 6.99. The van der Waals surface area contributed by atoms with E-state index in [4.69, 9.17) is 28.4 Å². The minimum absolute atomic E-state index is 0.130. The van der Waals surface area contributed by atoms with Crippen LogP contribution in [0.4, 0.5) is 0 Å². The van der Waals surface area contributed by atoms with Gasteiger partial charge in [-0.25, -0.2) is 0 Å². The second-order valence-electron chi connectivity index (χ2n) is 14.2. The largest absolute Gasteiger partial charge is 0.488 e. The van der Waals surface area contributed by atoms with Gasteiger partial charge in [-0.1, -0.05) is 147 Å². The van der Waals surface area contributed by atoms with Crippen molar-refractivity contribution in [3.05, 3.63) is 191 Å². The first kappa shape index (κ1) is 40.4. The summed E-state index contributed by atoms with van der Waals surface area (Å²) in [5.74, 6) is 1.20. The summed E-state index contributed by atoms with van der Waals surface area (Å²) in [5.41, 5.74) is 8.24. The molecule has 58 heavy (non-hydrogen) atoms. The van der Waals surface area contributed by atoms with E-state index in [2.05, 4.69) is 12.2 Å². The highest BCUT2D eigenvalue weighted by atomic mass is 16.9. The monoisotopic (exact) mass is 777 g/mol. The maximum atomic E-state index is 13.3. The van der Waals surface area contributed by atoms with E-state index in [0.29, 0.717) is 62.9 Å². The molecule has 0 aromatic heterocycles. The molecule has 1 aliphatic heterocycles. The molecule has 8 heteroatoms. The highest BCUT2D eigenvalue weighted by Crippen LogP contribution is 2.43. The average Bonchev–Trinajstić information content (AvgIpc) is 3.67. The Balaban J connectivity index is 1.28. The first-order chi connectivity index (χ1) is 28.6. The zero-order chi connectivity index (χ0) is 39.9. The molecule has 0 bridgehead atoms. The van der Waals surface area contributed by atoms with Crippen LogP contribution in [-0.4, -0.2) is 31.3 Å². The van der Waals surface area contributed by atoms with Crippen LogP contribution in [-0.2, 0) is 58.2 Å². The SMILES string of the molecule is CCCNC(=O)c1cccc(-c2c(OCc3ccccc3)cc(OCc3ccccc3)c(CC)c2CC2O[C@@H](OCc3ccccc3)[C@H](OCc3ccccc3)O2)c1. The minimum Gasteiger partial charge on any atom is -0.488 e. The second kappa shape index (κ2) is 20.6. The molecule has 298 valence electrons. The summed E-state index contributed by atoms with van der Waals surface area (Å²) in [7, 11) is 0. The van der Waals surface area contributed by atoms with Crippen molar-refractivity contribution >= 4 is 5.91 Å². The molecule has 0 unspecified atom stereocenters. The third kappa shape index (κ3) is 10.8. The van der Waals surface area contributed by atoms with Crippen LogP contribution < -0.4 is 14.8 Å². The molecule has 0 aliphatic carbocycles. The maximum absolute atomic E-state index is 13.3. The summed E-state index contributed by atoms with van der Waals surface area (Å²) in [5, 5.41) is 3.03. The molecule has 1 saturated heterocycles. The van der Waals surface area contributed by atoms with Gasteiger partial charge in [-0.3, -0.25) is 4.79 Å². The summed E-state index contributed by atoms with van der Waals surface area (Å²) >= 11 is 0. The van der Waals surface area contributed by atoms with E-state index in [0.717, 1.165) is 50.9 Å². The van der Waals surface area contributed by atoms with Crippen molar-refractivity contribution < 1.29 is 33.2 Å². The number of nitrogens with one attached hydrogen (secondary N) is 1. The van der Waals surface area contributed by atoms with Gasteiger partial charge in [-0.05, 0) is 63.9 Å². The fraction of sp³-hybridized carbons (Fsp3) is 0.260. The molecular formula is C50H51NO7.